The first-order valence-electron chi connectivity index (χ1n) is 6.81. The lowest BCUT2D eigenvalue weighted by Gasteiger charge is -2.37. The fourth-order valence-corrected chi connectivity index (χ4v) is 2.42. The van der Waals surface area contributed by atoms with E-state index in [-0.39, 0.29) is 5.91 Å². The van der Waals surface area contributed by atoms with Crippen molar-refractivity contribution in [3.05, 3.63) is 23.9 Å². The Morgan fingerprint density at radius 1 is 1.40 bits per heavy atom. The number of hydrogen-bond donors (Lipinski definition) is 2. The highest BCUT2D eigenvalue weighted by Gasteiger charge is 2.25. The molecule has 0 atom stereocenters. The van der Waals surface area contributed by atoms with Gasteiger partial charge in [-0.1, -0.05) is 0 Å². The SMILES string of the molecule is CC(C)(O)CN1CCN(C(=O)c2ccnc(N)c2)CC1. The van der Waals surface area contributed by atoms with Crippen molar-refractivity contribution < 1.29 is 9.90 Å². The van der Waals surface area contributed by atoms with Gasteiger partial charge in [0.2, 0.25) is 0 Å². The third-order valence-corrected chi connectivity index (χ3v) is 3.30. The normalized spacial score (nSPS) is 17.2. The summed E-state index contributed by atoms with van der Waals surface area (Å²) in [5.74, 6) is 0.346. The Morgan fingerprint density at radius 3 is 2.60 bits per heavy atom. The van der Waals surface area contributed by atoms with E-state index >= 15 is 0 Å². The zero-order chi connectivity index (χ0) is 14.8. The van der Waals surface area contributed by atoms with Gasteiger partial charge in [0, 0.05) is 44.5 Å². The molecule has 1 aromatic rings. The molecule has 0 unspecified atom stereocenters. The maximum atomic E-state index is 12.3. The summed E-state index contributed by atoms with van der Waals surface area (Å²) in [7, 11) is 0. The summed E-state index contributed by atoms with van der Waals surface area (Å²) in [5, 5.41) is 9.81. The van der Waals surface area contributed by atoms with Crippen LogP contribution in [0.1, 0.15) is 24.2 Å². The zero-order valence-electron chi connectivity index (χ0n) is 12.0. The molecule has 1 aromatic heterocycles. The van der Waals surface area contributed by atoms with Gasteiger partial charge in [-0.3, -0.25) is 9.69 Å². The Morgan fingerprint density at radius 2 is 2.05 bits per heavy atom. The average molecular weight is 278 g/mol. The maximum Gasteiger partial charge on any atom is 0.254 e. The van der Waals surface area contributed by atoms with Crippen LogP contribution in [0.5, 0.6) is 0 Å². The summed E-state index contributed by atoms with van der Waals surface area (Å²) in [5.41, 5.74) is 5.47. The predicted molar refractivity (Wildman–Crippen MR) is 77.3 cm³/mol. The van der Waals surface area contributed by atoms with Gasteiger partial charge in [0.1, 0.15) is 5.82 Å². The van der Waals surface area contributed by atoms with E-state index in [1.165, 1.54) is 0 Å². The fourth-order valence-electron chi connectivity index (χ4n) is 2.42. The number of nitrogens with two attached hydrogens (primary N) is 1. The van der Waals surface area contributed by atoms with E-state index in [9.17, 15) is 9.90 Å². The molecule has 1 fully saturated rings. The Hall–Kier alpha value is -1.66. The van der Waals surface area contributed by atoms with Crippen LogP contribution in [0, 0.1) is 0 Å². The van der Waals surface area contributed by atoms with Gasteiger partial charge in [-0.15, -0.1) is 0 Å². The van der Waals surface area contributed by atoms with Crippen molar-refractivity contribution in [1.29, 1.82) is 0 Å². The monoisotopic (exact) mass is 278 g/mol. The molecular weight excluding hydrogens is 256 g/mol. The molecule has 1 saturated heterocycles. The van der Waals surface area contributed by atoms with Crippen LogP contribution in [0.4, 0.5) is 5.82 Å². The molecule has 6 nitrogen and oxygen atoms in total. The quantitative estimate of drug-likeness (QED) is 0.825. The molecule has 0 spiro atoms. The second-order valence-electron chi connectivity index (χ2n) is 5.85. The number of aliphatic hydroxyl groups is 1. The summed E-state index contributed by atoms with van der Waals surface area (Å²) in [4.78, 5) is 20.2. The average Bonchev–Trinajstić information content (AvgIpc) is 2.37. The summed E-state index contributed by atoms with van der Waals surface area (Å²) in [6.45, 7) is 7.09. The first-order chi connectivity index (χ1) is 9.35. The van der Waals surface area contributed by atoms with Gasteiger partial charge in [-0.25, -0.2) is 4.98 Å². The van der Waals surface area contributed by atoms with E-state index in [1.54, 1.807) is 32.2 Å². The molecule has 1 aliphatic heterocycles. The van der Waals surface area contributed by atoms with Gasteiger partial charge in [0.25, 0.3) is 5.91 Å². The number of nitrogens with zero attached hydrogens (tertiary/aromatic N) is 3. The molecule has 2 rings (SSSR count). The molecule has 0 aromatic carbocycles. The standard InChI is InChI=1S/C14H22N4O2/c1-14(2,20)10-17-5-7-18(8-6-17)13(19)11-3-4-16-12(15)9-11/h3-4,9,20H,5-8,10H2,1-2H3,(H2,15,16). The van der Waals surface area contributed by atoms with Crippen molar-refractivity contribution in [2.24, 2.45) is 0 Å². The van der Waals surface area contributed by atoms with E-state index in [4.69, 9.17) is 5.73 Å². The molecule has 0 saturated carbocycles. The van der Waals surface area contributed by atoms with Gasteiger partial charge in [-0.2, -0.15) is 0 Å². The molecule has 1 amide bonds. The number of rotatable bonds is 3. The van der Waals surface area contributed by atoms with E-state index in [0.717, 1.165) is 13.1 Å². The number of pyridine rings is 1. The van der Waals surface area contributed by atoms with Crippen LogP contribution in [-0.2, 0) is 0 Å². The lowest BCUT2D eigenvalue weighted by atomic mass is 10.1. The lowest BCUT2D eigenvalue weighted by Crippen LogP contribution is -2.52. The van der Waals surface area contributed by atoms with Crippen LogP contribution in [0.3, 0.4) is 0 Å². The van der Waals surface area contributed by atoms with Crippen LogP contribution in [0.25, 0.3) is 0 Å². The van der Waals surface area contributed by atoms with Crippen LogP contribution in [0.15, 0.2) is 18.3 Å². The largest absolute Gasteiger partial charge is 0.389 e. The smallest absolute Gasteiger partial charge is 0.254 e. The van der Waals surface area contributed by atoms with Crippen LogP contribution in [-0.4, -0.2) is 64.1 Å². The Kier molecular flexibility index (Phi) is 4.25. The van der Waals surface area contributed by atoms with Crippen molar-refractivity contribution in [1.82, 2.24) is 14.8 Å². The number of amides is 1. The van der Waals surface area contributed by atoms with Gasteiger partial charge in [0.15, 0.2) is 0 Å². The highest BCUT2D eigenvalue weighted by atomic mass is 16.3. The summed E-state index contributed by atoms with van der Waals surface area (Å²) in [6, 6.07) is 3.29. The van der Waals surface area contributed by atoms with E-state index in [0.29, 0.717) is 31.0 Å². The van der Waals surface area contributed by atoms with Gasteiger partial charge < -0.3 is 15.7 Å². The van der Waals surface area contributed by atoms with Gasteiger partial charge in [0.05, 0.1) is 5.60 Å². The number of β-amino-alcohol motifs (C(OH)–C–C–N with tert-alkyl or cyclic N) is 1. The molecule has 2 heterocycles. The van der Waals surface area contributed by atoms with Gasteiger partial charge >= 0.3 is 0 Å². The first kappa shape index (κ1) is 14.7. The predicted octanol–water partition coefficient (Wildman–Crippen LogP) is 0.193. The summed E-state index contributed by atoms with van der Waals surface area (Å²) in [6.07, 6.45) is 1.55. The minimum absolute atomic E-state index is 0.0120. The number of piperazine rings is 1. The third-order valence-electron chi connectivity index (χ3n) is 3.30. The molecule has 0 bridgehead atoms. The third kappa shape index (κ3) is 3.91. The van der Waals surface area contributed by atoms with Crippen molar-refractivity contribution >= 4 is 11.7 Å². The Labute approximate surface area is 119 Å². The van der Waals surface area contributed by atoms with Crippen molar-refractivity contribution in [3.63, 3.8) is 0 Å². The minimum Gasteiger partial charge on any atom is -0.389 e. The van der Waals surface area contributed by atoms with Crippen molar-refractivity contribution in [2.75, 3.05) is 38.5 Å². The minimum atomic E-state index is -0.703. The molecule has 6 heteroatoms. The van der Waals surface area contributed by atoms with E-state index in [2.05, 4.69) is 9.88 Å². The summed E-state index contributed by atoms with van der Waals surface area (Å²) >= 11 is 0. The molecule has 1 aliphatic rings. The van der Waals surface area contributed by atoms with Crippen molar-refractivity contribution in [2.45, 2.75) is 19.4 Å². The number of aromatic nitrogens is 1. The number of carbonyl (C=O) groups excluding carboxylic acids is 1. The Bertz CT molecular complexity index is 476. The summed E-state index contributed by atoms with van der Waals surface area (Å²) < 4.78 is 0. The molecule has 0 aliphatic carbocycles. The molecule has 3 N–H and O–H groups in total. The molecular formula is C14H22N4O2. The van der Waals surface area contributed by atoms with Crippen molar-refractivity contribution in [3.8, 4) is 0 Å². The number of hydrogen-bond acceptors (Lipinski definition) is 5. The van der Waals surface area contributed by atoms with Crippen LogP contribution >= 0.6 is 0 Å². The lowest BCUT2D eigenvalue weighted by molar-refractivity contribution is 0.0178. The van der Waals surface area contributed by atoms with Crippen LogP contribution < -0.4 is 5.73 Å². The molecule has 110 valence electrons. The number of anilines is 1. The topological polar surface area (TPSA) is 82.7 Å². The molecule has 20 heavy (non-hydrogen) atoms. The Balaban J connectivity index is 1.92. The molecule has 0 radical (unpaired) electrons. The van der Waals surface area contributed by atoms with E-state index < -0.39 is 5.60 Å². The number of carbonyl (C=O) groups is 1. The second kappa shape index (κ2) is 5.76. The second-order valence-corrected chi connectivity index (χ2v) is 5.85. The number of nitrogen functional groups attached to an aromatic ring is 1. The van der Waals surface area contributed by atoms with E-state index in [1.807, 2.05) is 4.90 Å². The highest BCUT2D eigenvalue weighted by molar-refractivity contribution is 5.94. The fraction of sp³-hybridized carbons (Fsp3) is 0.571. The zero-order valence-corrected chi connectivity index (χ0v) is 12.0. The van der Waals surface area contributed by atoms with Gasteiger partial charge in [-0.05, 0) is 26.0 Å². The highest BCUT2D eigenvalue weighted by Crippen LogP contribution is 2.12. The maximum absolute atomic E-state index is 12.3. The first-order valence-corrected chi connectivity index (χ1v) is 6.81. The van der Waals surface area contributed by atoms with Crippen LogP contribution in [0.2, 0.25) is 0 Å².